The molecule has 0 aliphatic carbocycles. The van der Waals surface area contributed by atoms with Crippen molar-refractivity contribution in [2.45, 2.75) is 32.9 Å². The van der Waals surface area contributed by atoms with Gasteiger partial charge in [0.1, 0.15) is 12.4 Å². The summed E-state index contributed by atoms with van der Waals surface area (Å²) in [5.41, 5.74) is 1.18. The molecule has 0 amide bonds. The van der Waals surface area contributed by atoms with Crippen molar-refractivity contribution in [2.75, 3.05) is 27.4 Å². The third kappa shape index (κ3) is 8.43. The van der Waals surface area contributed by atoms with Crippen LogP contribution < -0.4 is 15.4 Å². The average Bonchev–Trinajstić information content (AvgIpc) is 2.52. The summed E-state index contributed by atoms with van der Waals surface area (Å²) in [5, 5.41) is 6.63. The Kier molecular flexibility index (Phi) is 11.9. The van der Waals surface area contributed by atoms with Crippen molar-refractivity contribution in [1.29, 1.82) is 0 Å². The SMILES string of the molecule is CCC(C)NC(=NC)NCc1ccc(OCCOC)cc1.I. The van der Waals surface area contributed by atoms with Crippen LogP contribution in [0.2, 0.25) is 0 Å². The maximum Gasteiger partial charge on any atom is 0.191 e. The Morgan fingerprint density at radius 1 is 1.23 bits per heavy atom. The Balaban J connectivity index is 0.00000441. The van der Waals surface area contributed by atoms with Gasteiger partial charge in [-0.2, -0.15) is 0 Å². The highest BCUT2D eigenvalue weighted by Crippen LogP contribution is 2.11. The van der Waals surface area contributed by atoms with Gasteiger partial charge in [-0.25, -0.2) is 0 Å². The zero-order chi connectivity index (χ0) is 15.5. The lowest BCUT2D eigenvalue weighted by atomic mass is 10.2. The molecule has 126 valence electrons. The fraction of sp³-hybridized carbons (Fsp3) is 0.562. The van der Waals surface area contributed by atoms with Crippen molar-refractivity contribution in [3.8, 4) is 5.75 Å². The number of nitrogens with one attached hydrogen (secondary N) is 2. The van der Waals surface area contributed by atoms with Crippen LogP contribution in [0.3, 0.4) is 0 Å². The van der Waals surface area contributed by atoms with E-state index in [2.05, 4.69) is 29.5 Å². The van der Waals surface area contributed by atoms with E-state index < -0.39 is 0 Å². The quantitative estimate of drug-likeness (QED) is 0.294. The van der Waals surface area contributed by atoms with Crippen LogP contribution in [0.4, 0.5) is 0 Å². The minimum absolute atomic E-state index is 0. The van der Waals surface area contributed by atoms with Gasteiger partial charge in [0.25, 0.3) is 0 Å². The number of benzene rings is 1. The molecule has 2 N–H and O–H groups in total. The fourth-order valence-corrected chi connectivity index (χ4v) is 1.66. The summed E-state index contributed by atoms with van der Waals surface area (Å²) in [6, 6.07) is 8.44. The van der Waals surface area contributed by atoms with Crippen molar-refractivity contribution >= 4 is 29.9 Å². The molecule has 0 heterocycles. The molecule has 1 aromatic rings. The molecule has 1 rings (SSSR count). The summed E-state index contributed by atoms with van der Waals surface area (Å²) in [5.74, 6) is 1.68. The van der Waals surface area contributed by atoms with Gasteiger partial charge in [0, 0.05) is 26.7 Å². The van der Waals surface area contributed by atoms with Gasteiger partial charge in [0.15, 0.2) is 5.96 Å². The second-order valence-corrected chi connectivity index (χ2v) is 4.86. The van der Waals surface area contributed by atoms with E-state index >= 15 is 0 Å². The highest BCUT2D eigenvalue weighted by atomic mass is 127. The number of guanidine groups is 1. The summed E-state index contributed by atoms with van der Waals surface area (Å²) >= 11 is 0. The number of aliphatic imine (C=N–C) groups is 1. The molecular formula is C16H28IN3O2. The number of hydrogen-bond acceptors (Lipinski definition) is 3. The van der Waals surface area contributed by atoms with Crippen molar-refractivity contribution in [2.24, 2.45) is 4.99 Å². The Bertz CT molecular complexity index is 424. The van der Waals surface area contributed by atoms with Crippen LogP contribution in [0.25, 0.3) is 0 Å². The highest BCUT2D eigenvalue weighted by molar-refractivity contribution is 14.0. The van der Waals surface area contributed by atoms with Crippen molar-refractivity contribution in [3.63, 3.8) is 0 Å². The molecule has 22 heavy (non-hydrogen) atoms. The van der Waals surface area contributed by atoms with E-state index in [1.54, 1.807) is 14.2 Å². The lowest BCUT2D eigenvalue weighted by Gasteiger charge is -2.16. The third-order valence-corrected chi connectivity index (χ3v) is 3.16. The first-order valence-corrected chi connectivity index (χ1v) is 7.37. The van der Waals surface area contributed by atoms with E-state index in [1.807, 2.05) is 24.3 Å². The minimum Gasteiger partial charge on any atom is -0.491 e. The summed E-state index contributed by atoms with van der Waals surface area (Å²) in [7, 11) is 3.45. The molecule has 1 unspecified atom stereocenters. The monoisotopic (exact) mass is 421 g/mol. The van der Waals surface area contributed by atoms with Gasteiger partial charge < -0.3 is 20.1 Å². The molecule has 0 bridgehead atoms. The topological polar surface area (TPSA) is 54.9 Å². The molecule has 1 aromatic carbocycles. The summed E-state index contributed by atoms with van der Waals surface area (Å²) in [6.07, 6.45) is 1.06. The van der Waals surface area contributed by atoms with Crippen molar-refractivity contribution < 1.29 is 9.47 Å². The van der Waals surface area contributed by atoms with Crippen LogP contribution >= 0.6 is 24.0 Å². The standard InChI is InChI=1S/C16H27N3O2.HI/c1-5-13(2)19-16(17-3)18-12-14-6-8-15(9-7-14)21-11-10-20-4;/h6-9,13H,5,10-12H2,1-4H3,(H2,17,18,19);1H. The Labute approximate surface area is 150 Å². The van der Waals surface area contributed by atoms with Gasteiger partial charge in [-0.15, -0.1) is 24.0 Å². The summed E-state index contributed by atoms with van der Waals surface area (Å²) < 4.78 is 10.5. The summed E-state index contributed by atoms with van der Waals surface area (Å²) in [4.78, 5) is 4.21. The van der Waals surface area contributed by atoms with E-state index in [1.165, 1.54) is 5.56 Å². The van der Waals surface area contributed by atoms with Gasteiger partial charge in [-0.3, -0.25) is 4.99 Å². The molecule has 0 fully saturated rings. The number of hydrogen-bond donors (Lipinski definition) is 2. The molecule has 1 atom stereocenters. The zero-order valence-electron chi connectivity index (χ0n) is 13.9. The van der Waals surface area contributed by atoms with E-state index in [4.69, 9.17) is 9.47 Å². The number of methoxy groups -OCH3 is 1. The predicted molar refractivity (Wildman–Crippen MR) is 102 cm³/mol. The Hall–Kier alpha value is -1.02. The van der Waals surface area contributed by atoms with E-state index in [0.29, 0.717) is 19.3 Å². The minimum atomic E-state index is 0. The molecule has 6 heteroatoms. The zero-order valence-corrected chi connectivity index (χ0v) is 16.2. The van der Waals surface area contributed by atoms with Gasteiger partial charge in [0.2, 0.25) is 0 Å². The molecule has 0 saturated carbocycles. The first kappa shape index (κ1) is 21.0. The lowest BCUT2D eigenvalue weighted by molar-refractivity contribution is 0.146. The number of nitrogens with zero attached hydrogens (tertiary/aromatic N) is 1. The van der Waals surface area contributed by atoms with Crippen LogP contribution in [0.1, 0.15) is 25.8 Å². The van der Waals surface area contributed by atoms with Crippen LogP contribution in [-0.2, 0) is 11.3 Å². The maximum atomic E-state index is 5.53. The molecule has 0 spiro atoms. The molecule has 0 saturated heterocycles. The third-order valence-electron chi connectivity index (χ3n) is 3.16. The average molecular weight is 421 g/mol. The predicted octanol–water partition coefficient (Wildman–Crippen LogP) is 2.79. The first-order valence-electron chi connectivity index (χ1n) is 7.37. The van der Waals surface area contributed by atoms with Crippen molar-refractivity contribution in [3.05, 3.63) is 29.8 Å². The maximum absolute atomic E-state index is 5.53. The number of ether oxygens (including phenoxy) is 2. The lowest BCUT2D eigenvalue weighted by Crippen LogP contribution is -2.41. The number of halogens is 1. The van der Waals surface area contributed by atoms with Crippen LogP contribution in [-0.4, -0.2) is 39.4 Å². The van der Waals surface area contributed by atoms with Gasteiger partial charge >= 0.3 is 0 Å². The summed E-state index contributed by atoms with van der Waals surface area (Å²) in [6.45, 7) is 6.18. The molecule has 5 nitrogen and oxygen atoms in total. The van der Waals surface area contributed by atoms with E-state index in [-0.39, 0.29) is 24.0 Å². The molecule has 0 aliphatic rings. The molecule has 0 aromatic heterocycles. The van der Waals surface area contributed by atoms with Gasteiger partial charge in [-0.05, 0) is 31.0 Å². The first-order chi connectivity index (χ1) is 10.2. The second-order valence-electron chi connectivity index (χ2n) is 4.86. The van der Waals surface area contributed by atoms with Crippen LogP contribution in [0.15, 0.2) is 29.3 Å². The van der Waals surface area contributed by atoms with Crippen molar-refractivity contribution in [1.82, 2.24) is 10.6 Å². The van der Waals surface area contributed by atoms with Crippen LogP contribution in [0, 0.1) is 0 Å². The largest absolute Gasteiger partial charge is 0.491 e. The van der Waals surface area contributed by atoms with Gasteiger partial charge in [-0.1, -0.05) is 19.1 Å². The van der Waals surface area contributed by atoms with E-state index in [0.717, 1.165) is 24.7 Å². The van der Waals surface area contributed by atoms with E-state index in [9.17, 15) is 0 Å². The molecule has 0 aliphatic heterocycles. The number of rotatable bonds is 8. The highest BCUT2D eigenvalue weighted by Gasteiger charge is 2.02. The fourth-order valence-electron chi connectivity index (χ4n) is 1.66. The van der Waals surface area contributed by atoms with Crippen LogP contribution in [0.5, 0.6) is 5.75 Å². The smallest absolute Gasteiger partial charge is 0.191 e. The molecule has 0 radical (unpaired) electrons. The second kappa shape index (κ2) is 12.5. The molecular weight excluding hydrogens is 393 g/mol. The normalized spacial score (nSPS) is 12.3. The Morgan fingerprint density at radius 3 is 2.45 bits per heavy atom. The Morgan fingerprint density at radius 2 is 1.91 bits per heavy atom. The van der Waals surface area contributed by atoms with Gasteiger partial charge in [0.05, 0.1) is 6.61 Å².